The number of aliphatic hydroxyl groups is 1. The van der Waals surface area contributed by atoms with Crippen LogP contribution in [0.5, 0.6) is 0 Å². The van der Waals surface area contributed by atoms with Crippen LogP contribution >= 0.6 is 0 Å². The normalized spacial score (nSPS) is 14.9. The monoisotopic (exact) mass is 1530 g/mol. The van der Waals surface area contributed by atoms with E-state index in [0.29, 0.717) is 59.4 Å². The molecule has 4 aromatic carbocycles. The molecule has 33 heteroatoms. The van der Waals surface area contributed by atoms with Crippen LogP contribution in [0.3, 0.4) is 0 Å². The fourth-order valence-electron chi connectivity index (χ4n) is 12.3. The highest BCUT2D eigenvalue weighted by molar-refractivity contribution is 6.01. The van der Waals surface area contributed by atoms with Gasteiger partial charge in [0.05, 0.1) is 12.8 Å². The number of carboxylic acid groups (broad SMARTS) is 1. The third-order valence-corrected chi connectivity index (χ3v) is 17.9. The van der Waals surface area contributed by atoms with E-state index in [1.807, 2.05) is 50.2 Å². The maximum absolute atomic E-state index is 15.3. The van der Waals surface area contributed by atoms with Crippen LogP contribution < -0.4 is 69.1 Å². The van der Waals surface area contributed by atoms with E-state index in [9.17, 15) is 67.7 Å². The van der Waals surface area contributed by atoms with Gasteiger partial charge in [-0.3, -0.25) is 77.1 Å². The molecule has 6 aromatic rings. The second kappa shape index (κ2) is 42.6. The maximum atomic E-state index is 15.3. The number of rotatable bonds is 40. The number of fused-ring (bicyclic) bond motifs is 1. The molecule has 33 nitrogen and oxygen atoms in total. The topological polar surface area (TPSA) is 478 Å². The molecule has 3 heterocycles. The zero-order valence-electron chi connectivity index (χ0n) is 63.2. The average Bonchev–Trinajstić information content (AvgIpc) is 1.36. The Kier molecular flexibility index (Phi) is 33.0. The van der Waals surface area contributed by atoms with Gasteiger partial charge in [-0.05, 0) is 121 Å². The number of unbranched alkanes of at least 4 members (excludes halogenated alkanes) is 1. The fraction of sp³-hybridized carbons (Fsp3) is 0.423. The number of carboxylic acids is 1. The number of aromatic nitrogens is 3. The van der Waals surface area contributed by atoms with E-state index in [1.165, 1.54) is 75.6 Å². The number of carbonyl (C=O) groups excluding carboxylic acids is 13. The van der Waals surface area contributed by atoms with E-state index in [2.05, 4.69) is 84.1 Å². The first-order valence-corrected chi connectivity index (χ1v) is 36.7. The van der Waals surface area contributed by atoms with Gasteiger partial charge in [0.1, 0.15) is 60.1 Å². The maximum Gasteiger partial charge on any atom is 0.325 e. The van der Waals surface area contributed by atoms with E-state index < -0.39 is 144 Å². The molecule has 0 unspecified atom stereocenters. The van der Waals surface area contributed by atoms with Gasteiger partial charge in [-0.1, -0.05) is 100 Å². The first-order chi connectivity index (χ1) is 52.9. The lowest BCUT2D eigenvalue weighted by molar-refractivity contribution is -0.144. The number of nitrogens with zero attached hydrogens (tertiary/aromatic N) is 4. The number of carbonyl (C=O) groups is 14. The van der Waals surface area contributed by atoms with Gasteiger partial charge in [0, 0.05) is 95.2 Å². The molecule has 0 saturated carbocycles. The summed E-state index contributed by atoms with van der Waals surface area (Å²) in [7, 11) is 0. The number of hydrogen-bond donors (Lipinski definition) is 15. The van der Waals surface area contributed by atoms with E-state index in [1.54, 1.807) is 62.4 Å². The highest BCUT2D eigenvalue weighted by Gasteiger charge is 2.41. The Bertz CT molecular complexity index is 4250. The van der Waals surface area contributed by atoms with Crippen molar-refractivity contribution in [1.29, 1.82) is 0 Å². The van der Waals surface area contributed by atoms with Crippen molar-refractivity contribution in [3.63, 3.8) is 0 Å². The summed E-state index contributed by atoms with van der Waals surface area (Å²) in [4.78, 5) is 208. The summed E-state index contributed by atoms with van der Waals surface area (Å²) in [6.45, 7) is 12.2. The molecule has 0 spiro atoms. The number of hydrogen-bond acceptors (Lipinski definition) is 19. The quantitative estimate of drug-likeness (QED) is 0.0190. The van der Waals surface area contributed by atoms with E-state index in [4.69, 9.17) is 0 Å². The van der Waals surface area contributed by atoms with E-state index >= 15 is 9.59 Å². The first kappa shape index (κ1) is 86.1. The van der Waals surface area contributed by atoms with Crippen molar-refractivity contribution in [3.05, 3.63) is 162 Å². The van der Waals surface area contributed by atoms with Crippen LogP contribution in [-0.2, 0) is 88.0 Å². The summed E-state index contributed by atoms with van der Waals surface area (Å²) >= 11 is 0. The van der Waals surface area contributed by atoms with Gasteiger partial charge in [-0.25, -0.2) is 4.98 Å². The van der Waals surface area contributed by atoms with Crippen LogP contribution in [0.1, 0.15) is 127 Å². The smallest absolute Gasteiger partial charge is 0.325 e. The molecule has 7 rings (SSSR count). The largest absolute Gasteiger partial charge is 0.480 e. The molecule has 111 heavy (non-hydrogen) atoms. The minimum atomic E-state index is -2.02. The zero-order valence-corrected chi connectivity index (χ0v) is 63.2. The number of anilines is 2. The van der Waals surface area contributed by atoms with Gasteiger partial charge in [0.2, 0.25) is 65.0 Å². The Hall–Kier alpha value is -12.1. The van der Waals surface area contributed by atoms with Crippen molar-refractivity contribution in [1.82, 2.24) is 78.3 Å². The standard InChI is InChI=1S/C78H99N17O16/c1-44(2)35-59(68(100)87-58(18-11-12-31-81-45(3)4)77(109)95-34-14-19-66(95)75(107)83-46(5)78(110)111)88-69(101)61(37-50-21-26-56(27-22-50)84-47(6)97)89-70(102)62(38-51-23-28-57(29-24-51)85-48(7)98)90-74(106)65(43-96)92-71(103)63(40-53-15-13-30-79-41-53)91-76(108)67(94-73(105)64-42-80-32-33-82-64)93-72(104)60(86-49(8)99)39-52-20-25-54-16-9-10-17-55(54)36-52/h9-10,13,15-17,20-30,32-33,36,41-42,44-46,58-63,65-67,81,96H,11-12,14,18-19,31,34-35,37-40,43H2,1-8H3,(H,83,107)(H,84,97)(H,85,98)(H,86,99)(H,87,100)(H,88,101)(H,89,102)(H,90,106)(H,91,108)(H,92,103)(H,93,104)(H,94,105)(H,110,111)/t46-,58+,59+,60-,61-,62+,63-,65+,66+,67-/m1/s1. The van der Waals surface area contributed by atoms with Gasteiger partial charge in [0.15, 0.2) is 6.17 Å². The summed E-state index contributed by atoms with van der Waals surface area (Å²) in [6, 6.07) is 15.3. The van der Waals surface area contributed by atoms with Crippen LogP contribution in [-0.4, -0.2) is 199 Å². The molecule has 592 valence electrons. The van der Waals surface area contributed by atoms with Crippen molar-refractivity contribution in [3.8, 4) is 0 Å². The Labute approximate surface area is 642 Å². The molecule has 13 amide bonds. The van der Waals surface area contributed by atoms with Crippen LogP contribution in [0.2, 0.25) is 0 Å². The van der Waals surface area contributed by atoms with Gasteiger partial charge >= 0.3 is 5.97 Å². The SMILES string of the molecule is CC(=O)Nc1ccc(C[C@H](NC(=O)[C@H](CO)NC(=O)[C@@H](Cc2cccnc2)NC(=O)[C@@H](NC(=O)c2cnccn2)NC(=O)[C@@H](Cc2ccc3ccccc3c2)NC(C)=O)C(=O)N[C@H](Cc2ccc(NC(C)=O)cc2)C(=O)N[C@@H](CC(C)C)C(=O)N[C@@H](CCCCNC(C)C)C(=O)N2CCC[C@H]2C(=O)N[C@H](C)C(=O)O)cc1. The summed E-state index contributed by atoms with van der Waals surface area (Å²) in [5, 5.41) is 56.9. The summed E-state index contributed by atoms with van der Waals surface area (Å²) in [6.07, 6.45) is 5.02. The van der Waals surface area contributed by atoms with E-state index in [-0.39, 0.29) is 75.1 Å². The van der Waals surface area contributed by atoms with Crippen molar-refractivity contribution in [2.45, 2.75) is 186 Å². The Balaban J connectivity index is 1.18. The number of amides is 13. The average molecular weight is 1530 g/mol. The molecular weight excluding hydrogens is 1430 g/mol. The number of benzene rings is 4. The summed E-state index contributed by atoms with van der Waals surface area (Å²) < 4.78 is 0. The number of nitrogens with one attached hydrogen (secondary N) is 13. The predicted octanol–water partition coefficient (Wildman–Crippen LogP) is 1.28. The van der Waals surface area contributed by atoms with Crippen LogP contribution in [0.4, 0.5) is 11.4 Å². The molecule has 10 atom stereocenters. The Morgan fingerprint density at radius 1 is 0.486 bits per heavy atom. The second-order valence-corrected chi connectivity index (χ2v) is 27.9. The van der Waals surface area contributed by atoms with Crippen molar-refractivity contribution in [2.75, 3.05) is 30.3 Å². The van der Waals surface area contributed by atoms with Gasteiger partial charge in [-0.15, -0.1) is 0 Å². The van der Waals surface area contributed by atoms with Gasteiger partial charge in [-0.2, -0.15) is 0 Å². The second-order valence-electron chi connectivity index (χ2n) is 27.9. The molecule has 0 radical (unpaired) electrons. The fourth-order valence-corrected chi connectivity index (χ4v) is 12.3. The summed E-state index contributed by atoms with van der Waals surface area (Å²) in [5.41, 5.74) is 2.23. The molecule has 1 aliphatic heterocycles. The minimum absolute atomic E-state index is 0.00975. The van der Waals surface area contributed by atoms with Crippen LogP contribution in [0.15, 0.2) is 134 Å². The molecule has 15 N–H and O–H groups in total. The lowest BCUT2D eigenvalue weighted by Crippen LogP contribution is -2.64. The molecule has 1 aliphatic rings. The number of aliphatic hydroxyl groups excluding tert-OH is 1. The third-order valence-electron chi connectivity index (χ3n) is 17.9. The van der Waals surface area contributed by atoms with Crippen LogP contribution in [0, 0.1) is 5.92 Å². The van der Waals surface area contributed by atoms with Crippen molar-refractivity contribution >= 4 is 105 Å². The molecule has 1 fully saturated rings. The molecule has 0 aliphatic carbocycles. The van der Waals surface area contributed by atoms with Crippen molar-refractivity contribution < 1.29 is 77.3 Å². The number of likely N-dealkylation sites (tertiary alicyclic amines) is 1. The lowest BCUT2D eigenvalue weighted by Gasteiger charge is -2.31. The highest BCUT2D eigenvalue weighted by atomic mass is 16.4. The molecule has 0 bridgehead atoms. The molecule has 1 saturated heterocycles. The van der Waals surface area contributed by atoms with Crippen molar-refractivity contribution in [2.24, 2.45) is 5.92 Å². The first-order valence-electron chi connectivity index (χ1n) is 36.7. The molecule has 2 aromatic heterocycles. The third kappa shape index (κ3) is 27.8. The highest BCUT2D eigenvalue weighted by Crippen LogP contribution is 2.23. The van der Waals surface area contributed by atoms with E-state index in [0.717, 1.165) is 17.0 Å². The number of pyridine rings is 1. The van der Waals surface area contributed by atoms with Gasteiger partial charge in [0.25, 0.3) is 11.8 Å². The lowest BCUT2D eigenvalue weighted by atomic mass is 9.99. The van der Waals surface area contributed by atoms with Crippen LogP contribution in [0.25, 0.3) is 10.8 Å². The Morgan fingerprint density at radius 2 is 1.00 bits per heavy atom. The zero-order chi connectivity index (χ0) is 80.8. The Morgan fingerprint density at radius 3 is 1.54 bits per heavy atom. The minimum Gasteiger partial charge on any atom is -0.480 e. The molecular formula is C78H99N17O16. The number of aliphatic carboxylic acids is 1. The van der Waals surface area contributed by atoms with Gasteiger partial charge < -0.3 is 84.2 Å². The predicted molar refractivity (Wildman–Crippen MR) is 409 cm³/mol. The summed E-state index contributed by atoms with van der Waals surface area (Å²) in [5.74, 6) is -12.4.